The summed E-state index contributed by atoms with van der Waals surface area (Å²) in [6.07, 6.45) is 1.61. The molecule has 1 heterocycles. The van der Waals surface area contributed by atoms with Gasteiger partial charge in [-0.3, -0.25) is 0 Å². The van der Waals surface area contributed by atoms with E-state index in [9.17, 15) is 8.42 Å². The molecule has 5 heteroatoms. The van der Waals surface area contributed by atoms with E-state index in [-0.39, 0.29) is 4.90 Å². The molecule has 3 aromatic carbocycles. The lowest BCUT2D eigenvalue weighted by atomic mass is 10.0. The number of aryl methyl sites for hydroxylation is 2. The summed E-state index contributed by atoms with van der Waals surface area (Å²) in [7, 11) is -2.20. The third kappa shape index (κ3) is 2.74. The summed E-state index contributed by atoms with van der Waals surface area (Å²) >= 11 is 0. The van der Waals surface area contributed by atoms with Gasteiger partial charge in [0.2, 0.25) is 0 Å². The summed E-state index contributed by atoms with van der Waals surface area (Å²) in [6.45, 7) is 0. The zero-order valence-electron chi connectivity index (χ0n) is 14.4. The SMILES string of the molecule is COc1ccc(S(=O)(=O)N2c3ccccc3CCc3ccccc32)cc1. The average molecular weight is 365 g/mol. The molecule has 132 valence electrons. The first-order valence-corrected chi connectivity index (χ1v) is 9.90. The molecule has 26 heavy (non-hydrogen) atoms. The molecule has 1 aliphatic rings. The third-order valence-electron chi connectivity index (χ3n) is 4.68. The normalized spacial score (nSPS) is 13.5. The van der Waals surface area contributed by atoms with Crippen LogP contribution >= 0.6 is 0 Å². The molecule has 0 unspecified atom stereocenters. The Kier molecular flexibility index (Phi) is 4.17. The Balaban J connectivity index is 1.94. The van der Waals surface area contributed by atoms with Crippen molar-refractivity contribution in [2.75, 3.05) is 11.4 Å². The van der Waals surface area contributed by atoms with E-state index in [0.717, 1.165) is 24.0 Å². The van der Waals surface area contributed by atoms with Crippen molar-refractivity contribution < 1.29 is 13.2 Å². The molecule has 0 aromatic heterocycles. The zero-order valence-corrected chi connectivity index (χ0v) is 15.2. The first kappa shape index (κ1) is 16.7. The van der Waals surface area contributed by atoms with Crippen LogP contribution in [-0.4, -0.2) is 15.5 Å². The summed E-state index contributed by atoms with van der Waals surface area (Å²) in [4.78, 5) is 0.241. The second-order valence-electron chi connectivity index (χ2n) is 6.20. The van der Waals surface area contributed by atoms with Gasteiger partial charge in [-0.25, -0.2) is 12.7 Å². The number of anilines is 2. The fourth-order valence-electron chi connectivity index (χ4n) is 3.35. The molecule has 0 fully saturated rings. The maximum absolute atomic E-state index is 13.6. The Labute approximate surface area is 153 Å². The second kappa shape index (κ2) is 6.50. The lowest BCUT2D eigenvalue weighted by molar-refractivity contribution is 0.414. The van der Waals surface area contributed by atoms with Gasteiger partial charge in [0.05, 0.1) is 23.4 Å². The van der Waals surface area contributed by atoms with Gasteiger partial charge in [0.1, 0.15) is 5.75 Å². The fraction of sp³-hybridized carbons (Fsp3) is 0.143. The largest absolute Gasteiger partial charge is 0.497 e. The van der Waals surface area contributed by atoms with E-state index in [1.165, 1.54) is 4.31 Å². The quantitative estimate of drug-likeness (QED) is 0.694. The van der Waals surface area contributed by atoms with E-state index in [2.05, 4.69) is 0 Å². The molecule has 0 atom stereocenters. The number of para-hydroxylation sites is 2. The van der Waals surface area contributed by atoms with Crippen LogP contribution < -0.4 is 9.04 Å². The van der Waals surface area contributed by atoms with Crippen LogP contribution in [0.5, 0.6) is 5.75 Å². The van der Waals surface area contributed by atoms with Gasteiger partial charge >= 0.3 is 0 Å². The van der Waals surface area contributed by atoms with E-state index in [1.54, 1.807) is 31.4 Å². The van der Waals surface area contributed by atoms with Gasteiger partial charge in [0, 0.05) is 0 Å². The minimum absolute atomic E-state index is 0.241. The number of ether oxygens (including phenoxy) is 1. The molecule has 0 N–H and O–H groups in total. The highest BCUT2D eigenvalue weighted by atomic mass is 32.2. The summed E-state index contributed by atoms with van der Waals surface area (Å²) in [5.74, 6) is 0.626. The summed E-state index contributed by atoms with van der Waals surface area (Å²) in [5, 5.41) is 0. The molecule has 4 nitrogen and oxygen atoms in total. The van der Waals surface area contributed by atoms with E-state index >= 15 is 0 Å². The summed E-state index contributed by atoms with van der Waals surface area (Å²) in [5.41, 5.74) is 3.49. The van der Waals surface area contributed by atoms with Crippen molar-refractivity contribution >= 4 is 21.4 Å². The number of nitrogens with zero attached hydrogens (tertiary/aromatic N) is 1. The lowest BCUT2D eigenvalue weighted by Crippen LogP contribution is -2.27. The molecule has 0 aliphatic carbocycles. The van der Waals surface area contributed by atoms with Gasteiger partial charge < -0.3 is 4.74 Å². The van der Waals surface area contributed by atoms with Gasteiger partial charge in [-0.05, 0) is 60.4 Å². The maximum Gasteiger partial charge on any atom is 0.268 e. The van der Waals surface area contributed by atoms with Crippen LogP contribution in [0.2, 0.25) is 0 Å². The van der Waals surface area contributed by atoms with Crippen LogP contribution in [0.3, 0.4) is 0 Å². The van der Waals surface area contributed by atoms with Crippen molar-refractivity contribution in [2.45, 2.75) is 17.7 Å². The molecule has 0 saturated carbocycles. The van der Waals surface area contributed by atoms with Crippen LogP contribution in [0.25, 0.3) is 0 Å². The van der Waals surface area contributed by atoms with Gasteiger partial charge in [-0.1, -0.05) is 36.4 Å². The smallest absolute Gasteiger partial charge is 0.268 e. The molecule has 0 bridgehead atoms. The van der Waals surface area contributed by atoms with Crippen molar-refractivity contribution in [3.63, 3.8) is 0 Å². The van der Waals surface area contributed by atoms with E-state index in [0.29, 0.717) is 17.1 Å². The molecule has 4 rings (SSSR count). The number of benzene rings is 3. The van der Waals surface area contributed by atoms with Gasteiger partial charge in [-0.2, -0.15) is 0 Å². The molecule has 0 spiro atoms. The van der Waals surface area contributed by atoms with Crippen LogP contribution in [0.15, 0.2) is 77.7 Å². The summed E-state index contributed by atoms with van der Waals surface area (Å²) in [6, 6.07) is 21.9. The molecule has 0 saturated heterocycles. The standard InChI is InChI=1S/C21H19NO3S/c1-25-18-12-14-19(15-13-18)26(23,24)22-20-8-4-2-6-16(20)10-11-17-7-3-5-9-21(17)22/h2-9,12-15H,10-11H2,1H3. The van der Waals surface area contributed by atoms with Crippen LogP contribution in [0, 0.1) is 0 Å². The van der Waals surface area contributed by atoms with E-state index in [4.69, 9.17) is 4.74 Å². The zero-order chi connectivity index (χ0) is 18.1. The Bertz CT molecular complexity index is 995. The van der Waals surface area contributed by atoms with Crippen molar-refractivity contribution in [1.29, 1.82) is 0 Å². The van der Waals surface area contributed by atoms with Crippen molar-refractivity contribution in [2.24, 2.45) is 0 Å². The van der Waals surface area contributed by atoms with Crippen LogP contribution in [-0.2, 0) is 22.9 Å². The maximum atomic E-state index is 13.6. The monoisotopic (exact) mass is 365 g/mol. The Morgan fingerprint density at radius 1 is 0.769 bits per heavy atom. The predicted molar refractivity (Wildman–Crippen MR) is 103 cm³/mol. The van der Waals surface area contributed by atoms with Crippen molar-refractivity contribution in [1.82, 2.24) is 0 Å². The highest BCUT2D eigenvalue weighted by molar-refractivity contribution is 7.93. The van der Waals surface area contributed by atoms with Crippen LogP contribution in [0.1, 0.15) is 11.1 Å². The Morgan fingerprint density at radius 3 is 1.77 bits per heavy atom. The second-order valence-corrected chi connectivity index (χ2v) is 7.99. The predicted octanol–water partition coefficient (Wildman–Crippen LogP) is 4.32. The first-order valence-electron chi connectivity index (χ1n) is 8.46. The third-order valence-corrected chi connectivity index (χ3v) is 6.42. The number of fused-ring (bicyclic) bond motifs is 2. The van der Waals surface area contributed by atoms with E-state index in [1.807, 2.05) is 48.5 Å². The van der Waals surface area contributed by atoms with Crippen molar-refractivity contribution in [3.8, 4) is 5.75 Å². The topological polar surface area (TPSA) is 46.6 Å². The molecule has 0 radical (unpaired) electrons. The van der Waals surface area contributed by atoms with Gasteiger partial charge in [0.25, 0.3) is 10.0 Å². The molecule has 1 aliphatic heterocycles. The minimum Gasteiger partial charge on any atom is -0.497 e. The number of sulfonamides is 1. The minimum atomic E-state index is -3.76. The number of hydrogen-bond acceptors (Lipinski definition) is 3. The molecular weight excluding hydrogens is 346 g/mol. The fourth-order valence-corrected chi connectivity index (χ4v) is 4.92. The lowest BCUT2D eigenvalue weighted by Gasteiger charge is -2.26. The Morgan fingerprint density at radius 2 is 1.27 bits per heavy atom. The molecule has 0 amide bonds. The number of methoxy groups -OCH3 is 1. The number of hydrogen-bond donors (Lipinski definition) is 0. The van der Waals surface area contributed by atoms with Gasteiger partial charge in [0.15, 0.2) is 0 Å². The highest BCUT2D eigenvalue weighted by Gasteiger charge is 2.31. The van der Waals surface area contributed by atoms with Crippen LogP contribution in [0.4, 0.5) is 11.4 Å². The molecular formula is C21H19NO3S. The van der Waals surface area contributed by atoms with Crippen molar-refractivity contribution in [3.05, 3.63) is 83.9 Å². The average Bonchev–Trinajstić information content (AvgIpc) is 2.85. The number of rotatable bonds is 3. The van der Waals surface area contributed by atoms with E-state index < -0.39 is 10.0 Å². The van der Waals surface area contributed by atoms with Gasteiger partial charge in [-0.15, -0.1) is 0 Å². The Hall–Kier alpha value is -2.79. The first-order chi connectivity index (χ1) is 12.6. The summed E-state index contributed by atoms with van der Waals surface area (Å²) < 4.78 is 33.7. The highest BCUT2D eigenvalue weighted by Crippen LogP contribution is 2.40. The molecule has 3 aromatic rings.